The molecular weight excluding hydrogens is 332 g/mol. The Morgan fingerprint density at radius 2 is 1.71 bits per heavy atom. The maximum absolute atomic E-state index is 11.2. The molecule has 0 saturated carbocycles. The van der Waals surface area contributed by atoms with Crippen molar-refractivity contribution in [2.24, 2.45) is 5.73 Å². The predicted octanol–water partition coefficient (Wildman–Crippen LogP) is 1.21. The van der Waals surface area contributed by atoms with Gasteiger partial charge in [-0.15, -0.1) is 0 Å². The van der Waals surface area contributed by atoms with Gasteiger partial charge < -0.3 is 10.8 Å². The number of primary amides is 1. The van der Waals surface area contributed by atoms with Gasteiger partial charge in [-0.2, -0.15) is 5.53 Å². The first-order valence-corrected chi connectivity index (χ1v) is 7.53. The van der Waals surface area contributed by atoms with E-state index in [0.717, 1.165) is 16.7 Å². The van der Waals surface area contributed by atoms with Gasteiger partial charge in [-0.05, 0) is 28.8 Å². The summed E-state index contributed by atoms with van der Waals surface area (Å²) in [6, 6.07) is 11.3. The van der Waals surface area contributed by atoms with Crippen LogP contribution in [0.4, 0.5) is 0 Å². The minimum Gasteiger partial charge on any atom is -0.480 e. The van der Waals surface area contributed by atoms with Crippen LogP contribution in [0, 0.1) is 0 Å². The van der Waals surface area contributed by atoms with Crippen LogP contribution in [-0.4, -0.2) is 23.0 Å². The number of carboxylic acids is 1. The van der Waals surface area contributed by atoms with Crippen molar-refractivity contribution in [2.75, 3.05) is 0 Å². The second-order valence-corrected chi connectivity index (χ2v) is 5.80. The fourth-order valence-corrected chi connectivity index (χ4v) is 2.90. The van der Waals surface area contributed by atoms with Crippen molar-refractivity contribution in [1.29, 1.82) is 0 Å². The van der Waals surface area contributed by atoms with Crippen LogP contribution in [0.3, 0.4) is 0 Å². The molecule has 3 rings (SSSR count). The van der Waals surface area contributed by atoms with Crippen molar-refractivity contribution in [3.8, 4) is 11.1 Å². The number of carbonyl (C=O) groups is 2. The highest BCUT2D eigenvalue weighted by Crippen LogP contribution is 2.27. The van der Waals surface area contributed by atoms with Crippen LogP contribution in [0.2, 0.25) is 5.02 Å². The molecule has 24 heavy (non-hydrogen) atoms. The Morgan fingerprint density at radius 1 is 1.04 bits per heavy atom. The molecule has 0 radical (unpaired) electrons. The number of hydrazine groups is 2. The second kappa shape index (κ2) is 6.58. The SMILES string of the molecule is NC(=O)c1ccc(-c2ccc(C3NNNC3C(=O)O)cc2)cc1Cl. The third-order valence-corrected chi connectivity index (χ3v) is 4.21. The molecule has 2 aromatic rings. The first-order valence-electron chi connectivity index (χ1n) is 7.16. The molecule has 0 aliphatic carbocycles. The molecular formula is C16H15ClN4O3. The maximum Gasteiger partial charge on any atom is 0.324 e. The maximum atomic E-state index is 11.2. The van der Waals surface area contributed by atoms with E-state index in [1.807, 2.05) is 24.3 Å². The Hall–Kier alpha value is -2.45. The molecule has 1 fully saturated rings. The number of amides is 1. The van der Waals surface area contributed by atoms with E-state index in [9.17, 15) is 14.7 Å². The Kier molecular flexibility index (Phi) is 4.50. The number of benzene rings is 2. The van der Waals surface area contributed by atoms with E-state index < -0.39 is 24.0 Å². The van der Waals surface area contributed by atoms with Gasteiger partial charge in [0.1, 0.15) is 6.04 Å². The molecule has 1 heterocycles. The van der Waals surface area contributed by atoms with Crippen LogP contribution in [0.25, 0.3) is 11.1 Å². The molecule has 1 aliphatic rings. The number of hydrogen-bond donors (Lipinski definition) is 5. The Morgan fingerprint density at radius 3 is 2.29 bits per heavy atom. The summed E-state index contributed by atoms with van der Waals surface area (Å²) in [4.78, 5) is 22.4. The van der Waals surface area contributed by atoms with Gasteiger partial charge in [0.25, 0.3) is 0 Å². The minimum absolute atomic E-state index is 0.272. The molecule has 1 aliphatic heterocycles. The Bertz CT molecular complexity index is 794. The summed E-state index contributed by atoms with van der Waals surface area (Å²) in [5.41, 5.74) is 16.2. The summed E-state index contributed by atoms with van der Waals surface area (Å²) in [5, 5.41) is 9.48. The zero-order valence-corrected chi connectivity index (χ0v) is 13.2. The van der Waals surface area contributed by atoms with Crippen LogP contribution in [0.15, 0.2) is 42.5 Å². The Labute approximate surface area is 142 Å². The lowest BCUT2D eigenvalue weighted by atomic mass is 9.97. The first kappa shape index (κ1) is 16.4. The van der Waals surface area contributed by atoms with Crippen molar-refractivity contribution >= 4 is 23.5 Å². The molecule has 2 unspecified atom stereocenters. The fraction of sp³-hybridized carbons (Fsp3) is 0.125. The van der Waals surface area contributed by atoms with Crippen molar-refractivity contribution in [3.63, 3.8) is 0 Å². The van der Waals surface area contributed by atoms with Gasteiger partial charge in [-0.25, -0.2) is 10.9 Å². The molecule has 8 heteroatoms. The predicted molar refractivity (Wildman–Crippen MR) is 89.0 cm³/mol. The molecule has 7 nitrogen and oxygen atoms in total. The van der Waals surface area contributed by atoms with Gasteiger partial charge in [0.05, 0.1) is 16.6 Å². The number of halogens is 1. The number of rotatable bonds is 4. The standard InChI is InChI=1S/C16H15ClN4O3/c17-12-7-10(5-6-11(12)15(18)22)8-1-3-9(4-2-8)13-14(16(23)24)20-21-19-13/h1-7,13-14,19-21H,(H2,18,22)(H,23,24). The zero-order valence-electron chi connectivity index (χ0n) is 12.4. The summed E-state index contributed by atoms with van der Waals surface area (Å²) >= 11 is 6.07. The molecule has 2 atom stereocenters. The van der Waals surface area contributed by atoms with E-state index >= 15 is 0 Å². The van der Waals surface area contributed by atoms with Crippen LogP contribution >= 0.6 is 11.6 Å². The largest absolute Gasteiger partial charge is 0.480 e. The molecule has 124 valence electrons. The molecule has 0 bridgehead atoms. The third kappa shape index (κ3) is 3.10. The first-order chi connectivity index (χ1) is 11.5. The Balaban J connectivity index is 1.86. The highest BCUT2D eigenvalue weighted by atomic mass is 35.5. The summed E-state index contributed by atoms with van der Waals surface area (Å²) in [6.45, 7) is 0. The van der Waals surface area contributed by atoms with Gasteiger partial charge >= 0.3 is 5.97 Å². The average Bonchev–Trinajstić information content (AvgIpc) is 3.04. The molecule has 0 spiro atoms. The van der Waals surface area contributed by atoms with E-state index in [-0.39, 0.29) is 5.56 Å². The molecule has 1 saturated heterocycles. The number of nitrogens with two attached hydrogens (primary N) is 1. The van der Waals surface area contributed by atoms with Gasteiger partial charge in [-0.3, -0.25) is 9.59 Å². The number of carbonyl (C=O) groups excluding carboxylic acids is 1. The summed E-state index contributed by atoms with van der Waals surface area (Å²) in [6.07, 6.45) is 0. The number of carboxylic acid groups (broad SMARTS) is 1. The van der Waals surface area contributed by atoms with E-state index in [1.54, 1.807) is 18.2 Å². The highest BCUT2D eigenvalue weighted by Gasteiger charge is 2.33. The highest BCUT2D eigenvalue weighted by molar-refractivity contribution is 6.34. The zero-order chi connectivity index (χ0) is 17.3. The van der Waals surface area contributed by atoms with Gasteiger partial charge in [0.2, 0.25) is 5.91 Å². The molecule has 0 aromatic heterocycles. The minimum atomic E-state index is -0.949. The smallest absolute Gasteiger partial charge is 0.324 e. The number of hydrogen-bond acceptors (Lipinski definition) is 5. The van der Waals surface area contributed by atoms with Crippen molar-refractivity contribution in [1.82, 2.24) is 16.4 Å². The van der Waals surface area contributed by atoms with Gasteiger partial charge in [0, 0.05) is 0 Å². The molecule has 1 amide bonds. The third-order valence-electron chi connectivity index (χ3n) is 3.89. The lowest BCUT2D eigenvalue weighted by molar-refractivity contribution is -0.139. The molecule has 2 aromatic carbocycles. The monoisotopic (exact) mass is 346 g/mol. The van der Waals surface area contributed by atoms with E-state index in [0.29, 0.717) is 5.02 Å². The van der Waals surface area contributed by atoms with E-state index in [2.05, 4.69) is 16.4 Å². The van der Waals surface area contributed by atoms with E-state index in [1.165, 1.54) is 0 Å². The lowest BCUT2D eigenvalue weighted by Crippen LogP contribution is -2.38. The van der Waals surface area contributed by atoms with Crippen LogP contribution in [0.1, 0.15) is 22.0 Å². The summed E-state index contributed by atoms with van der Waals surface area (Å²) < 4.78 is 0. The van der Waals surface area contributed by atoms with Crippen molar-refractivity contribution < 1.29 is 14.7 Å². The second-order valence-electron chi connectivity index (χ2n) is 5.39. The van der Waals surface area contributed by atoms with E-state index in [4.69, 9.17) is 17.3 Å². The van der Waals surface area contributed by atoms with Crippen LogP contribution in [0.5, 0.6) is 0 Å². The quantitative estimate of drug-likeness (QED) is 0.568. The van der Waals surface area contributed by atoms with Crippen LogP contribution < -0.4 is 22.1 Å². The molecule has 6 N–H and O–H groups in total. The summed E-state index contributed by atoms with van der Waals surface area (Å²) in [7, 11) is 0. The number of nitrogens with one attached hydrogen (secondary N) is 3. The average molecular weight is 347 g/mol. The van der Waals surface area contributed by atoms with Crippen molar-refractivity contribution in [2.45, 2.75) is 12.1 Å². The fourth-order valence-electron chi connectivity index (χ4n) is 2.62. The lowest BCUT2D eigenvalue weighted by Gasteiger charge is -2.15. The normalized spacial score (nSPS) is 20.0. The summed E-state index contributed by atoms with van der Waals surface area (Å²) in [5.74, 6) is -1.52. The topological polar surface area (TPSA) is 116 Å². The van der Waals surface area contributed by atoms with Gasteiger partial charge in [0.15, 0.2) is 0 Å². The number of aliphatic carboxylic acids is 1. The van der Waals surface area contributed by atoms with Gasteiger partial charge in [-0.1, -0.05) is 41.9 Å². The van der Waals surface area contributed by atoms with Crippen LogP contribution in [-0.2, 0) is 4.79 Å². The van der Waals surface area contributed by atoms with Crippen molar-refractivity contribution in [3.05, 3.63) is 58.6 Å².